The maximum Gasteiger partial charge on any atom is 0.316 e. The number of carbonyl (C=O) groups excluding carboxylic acids is 2. The van der Waals surface area contributed by atoms with E-state index in [9.17, 15) is 9.59 Å². The first-order valence-corrected chi connectivity index (χ1v) is 9.73. The smallest absolute Gasteiger partial charge is 0.316 e. The van der Waals surface area contributed by atoms with Gasteiger partial charge in [-0.15, -0.1) is 11.8 Å². The van der Waals surface area contributed by atoms with E-state index in [1.54, 1.807) is 43.3 Å². The summed E-state index contributed by atoms with van der Waals surface area (Å²) in [5.41, 5.74) is 1.64. The number of ether oxygens (including phenoxy) is 1. The molecule has 0 heterocycles. The van der Waals surface area contributed by atoms with Crippen LogP contribution in [0.4, 0.5) is 5.69 Å². The Morgan fingerprint density at radius 3 is 2.48 bits per heavy atom. The van der Waals surface area contributed by atoms with Crippen LogP contribution in [0, 0.1) is 0 Å². The van der Waals surface area contributed by atoms with E-state index in [2.05, 4.69) is 5.32 Å². The van der Waals surface area contributed by atoms with Crippen LogP contribution in [0.5, 0.6) is 0 Å². The van der Waals surface area contributed by atoms with Gasteiger partial charge in [-0.25, -0.2) is 0 Å². The maximum atomic E-state index is 12.6. The number of thioether (sulfide) groups is 1. The number of rotatable bonds is 8. The molecule has 0 spiro atoms. The molecule has 140 valence electrons. The number of amides is 1. The lowest BCUT2D eigenvalue weighted by Gasteiger charge is -2.08. The first-order chi connectivity index (χ1) is 13.1. The van der Waals surface area contributed by atoms with E-state index >= 15 is 0 Å². The van der Waals surface area contributed by atoms with E-state index in [0.717, 1.165) is 17.3 Å². The fourth-order valence-electron chi connectivity index (χ4n) is 2.07. The van der Waals surface area contributed by atoms with Crippen LogP contribution in [0.2, 0.25) is 5.02 Å². The third-order valence-corrected chi connectivity index (χ3v) is 4.58. The molecule has 0 aromatic heterocycles. The van der Waals surface area contributed by atoms with Gasteiger partial charge in [-0.05, 0) is 42.8 Å². The molecule has 0 aliphatic heterocycles. The molecule has 0 aliphatic rings. The van der Waals surface area contributed by atoms with E-state index < -0.39 is 0 Å². The molecule has 0 radical (unpaired) electrons. The van der Waals surface area contributed by atoms with Crippen molar-refractivity contribution in [3.05, 3.63) is 82.2 Å². The average Bonchev–Trinajstić information content (AvgIpc) is 2.67. The third kappa shape index (κ3) is 7.72. The minimum absolute atomic E-state index is 0.0624. The second-order valence-corrected chi connectivity index (χ2v) is 6.81. The van der Waals surface area contributed by atoms with Crippen LogP contribution in [0.3, 0.4) is 0 Å². The zero-order chi connectivity index (χ0) is 19.5. The topological polar surface area (TPSA) is 55.4 Å². The van der Waals surface area contributed by atoms with Gasteiger partial charge in [-0.1, -0.05) is 54.1 Å². The molecule has 0 unspecified atom stereocenters. The maximum absolute atomic E-state index is 12.6. The summed E-state index contributed by atoms with van der Waals surface area (Å²) < 4.78 is 4.93. The molecule has 27 heavy (non-hydrogen) atoms. The first-order valence-electron chi connectivity index (χ1n) is 8.37. The van der Waals surface area contributed by atoms with Crippen molar-refractivity contribution in [2.45, 2.75) is 6.92 Å². The van der Waals surface area contributed by atoms with Crippen molar-refractivity contribution >= 4 is 47.0 Å². The fraction of sp³-hybridized carbons (Fsp3) is 0.143. The Hall–Kier alpha value is -2.50. The minimum Gasteiger partial charge on any atom is -0.465 e. The van der Waals surface area contributed by atoms with Gasteiger partial charge < -0.3 is 10.1 Å². The van der Waals surface area contributed by atoms with Crippen molar-refractivity contribution in [3.63, 3.8) is 0 Å². The zero-order valence-corrected chi connectivity index (χ0v) is 16.4. The highest BCUT2D eigenvalue weighted by Gasteiger charge is 2.13. The molecule has 0 atom stereocenters. The van der Waals surface area contributed by atoms with E-state index in [0.29, 0.717) is 22.2 Å². The lowest BCUT2D eigenvalue weighted by Crippen LogP contribution is -2.15. The second kappa shape index (κ2) is 11.3. The van der Waals surface area contributed by atoms with Crippen molar-refractivity contribution in [1.82, 2.24) is 0 Å². The van der Waals surface area contributed by atoms with Gasteiger partial charge in [0.15, 0.2) is 0 Å². The van der Waals surface area contributed by atoms with Crippen molar-refractivity contribution in [2.24, 2.45) is 0 Å². The molecule has 1 amide bonds. The Balaban J connectivity index is 2.10. The number of hydrogen-bond donors (Lipinski definition) is 1. The van der Waals surface area contributed by atoms with Gasteiger partial charge >= 0.3 is 5.97 Å². The number of allylic oxidation sites excluding steroid dienone is 2. The van der Waals surface area contributed by atoms with Crippen molar-refractivity contribution < 1.29 is 14.3 Å². The predicted octanol–water partition coefficient (Wildman–Crippen LogP) is 5.17. The Labute approximate surface area is 168 Å². The quantitative estimate of drug-likeness (QED) is 0.376. The molecule has 4 nitrogen and oxygen atoms in total. The number of esters is 1. The van der Waals surface area contributed by atoms with Gasteiger partial charge in [0.25, 0.3) is 5.91 Å². The summed E-state index contributed by atoms with van der Waals surface area (Å²) in [6, 6.07) is 16.6. The van der Waals surface area contributed by atoms with E-state index in [-0.39, 0.29) is 17.6 Å². The Kier molecular flexibility index (Phi) is 8.68. The molecule has 2 rings (SSSR count). The number of anilines is 1. The highest BCUT2D eigenvalue weighted by molar-refractivity contribution is 8.04. The lowest BCUT2D eigenvalue weighted by molar-refractivity contribution is -0.139. The number of carbonyl (C=O) groups is 2. The van der Waals surface area contributed by atoms with Crippen molar-refractivity contribution in [1.29, 1.82) is 0 Å². The lowest BCUT2D eigenvalue weighted by atomic mass is 10.2. The molecule has 0 bridgehead atoms. The Morgan fingerprint density at radius 1 is 1.11 bits per heavy atom. The normalized spacial score (nSPS) is 11.4. The third-order valence-electron chi connectivity index (χ3n) is 3.31. The predicted molar refractivity (Wildman–Crippen MR) is 113 cm³/mol. The molecule has 0 aliphatic carbocycles. The van der Waals surface area contributed by atoms with Crippen LogP contribution in [0.15, 0.2) is 71.7 Å². The molecular formula is C21H20ClNO3S. The van der Waals surface area contributed by atoms with Crippen LogP contribution in [-0.2, 0) is 14.3 Å². The monoisotopic (exact) mass is 401 g/mol. The first kappa shape index (κ1) is 20.8. The van der Waals surface area contributed by atoms with Crippen molar-refractivity contribution in [3.8, 4) is 0 Å². The van der Waals surface area contributed by atoms with E-state index in [1.165, 1.54) is 0 Å². The van der Waals surface area contributed by atoms with Crippen LogP contribution in [0.1, 0.15) is 12.5 Å². The Morgan fingerprint density at radius 2 is 1.81 bits per heavy atom. The highest BCUT2D eigenvalue weighted by Crippen LogP contribution is 2.20. The van der Waals surface area contributed by atoms with Gasteiger partial charge in [0.05, 0.1) is 17.3 Å². The van der Waals surface area contributed by atoms with Crippen LogP contribution in [0.25, 0.3) is 6.08 Å². The van der Waals surface area contributed by atoms with Gasteiger partial charge in [0.2, 0.25) is 0 Å². The molecule has 6 heteroatoms. The molecule has 0 saturated heterocycles. The van der Waals surface area contributed by atoms with Crippen molar-refractivity contribution in [2.75, 3.05) is 17.7 Å². The summed E-state index contributed by atoms with van der Waals surface area (Å²) >= 11 is 7.00. The van der Waals surface area contributed by atoms with Crippen LogP contribution in [-0.4, -0.2) is 24.2 Å². The van der Waals surface area contributed by atoms with Gasteiger partial charge in [0.1, 0.15) is 0 Å². The Bertz CT molecular complexity index is 817. The van der Waals surface area contributed by atoms with Gasteiger partial charge in [0, 0.05) is 10.7 Å². The number of benzene rings is 2. The zero-order valence-electron chi connectivity index (χ0n) is 14.9. The number of hydrogen-bond acceptors (Lipinski definition) is 4. The van der Waals surface area contributed by atoms with E-state index in [4.69, 9.17) is 16.3 Å². The van der Waals surface area contributed by atoms with Gasteiger partial charge in [-0.2, -0.15) is 0 Å². The summed E-state index contributed by atoms with van der Waals surface area (Å²) in [4.78, 5) is 24.6. The summed E-state index contributed by atoms with van der Waals surface area (Å²) in [6.45, 7) is 2.05. The fourth-order valence-corrected chi connectivity index (χ4v) is 2.90. The summed E-state index contributed by atoms with van der Waals surface area (Å²) in [5, 5.41) is 3.39. The van der Waals surface area contributed by atoms with E-state index in [1.807, 2.05) is 36.4 Å². The average molecular weight is 402 g/mol. The SMILES string of the molecule is CCOC(=O)CS/C(=C/C=C/c1ccccc1)C(=O)Nc1ccc(Cl)cc1. The van der Waals surface area contributed by atoms with Gasteiger partial charge in [-0.3, -0.25) is 9.59 Å². The standard InChI is InChI=1S/C21H20ClNO3S/c1-2-26-20(24)15-27-19(10-6-9-16-7-4-3-5-8-16)21(25)23-18-13-11-17(22)12-14-18/h3-14H,2,15H2,1H3,(H,23,25)/b9-6+,19-10+. The molecule has 1 N–H and O–H groups in total. The molecule has 2 aromatic rings. The van der Waals surface area contributed by atoms with Crippen LogP contribution >= 0.6 is 23.4 Å². The molecular weight excluding hydrogens is 382 g/mol. The minimum atomic E-state index is -0.361. The largest absolute Gasteiger partial charge is 0.465 e. The second-order valence-electron chi connectivity index (χ2n) is 5.36. The summed E-state index contributed by atoms with van der Waals surface area (Å²) in [7, 11) is 0. The highest BCUT2D eigenvalue weighted by atomic mass is 35.5. The summed E-state index contributed by atoms with van der Waals surface area (Å²) in [5.74, 6) is -0.601. The summed E-state index contributed by atoms with van der Waals surface area (Å²) in [6.07, 6.45) is 5.35. The number of nitrogens with one attached hydrogen (secondary N) is 1. The van der Waals surface area contributed by atoms with Crippen LogP contribution < -0.4 is 5.32 Å². The molecule has 0 fully saturated rings. The number of halogens is 1. The molecule has 0 saturated carbocycles. The molecule has 2 aromatic carbocycles.